The molecule has 1 aromatic carbocycles. The van der Waals surface area contributed by atoms with Crippen molar-refractivity contribution in [3.63, 3.8) is 0 Å². The number of phenols is 1. The number of hydrogen-bond donors (Lipinski definition) is 4. The van der Waals surface area contributed by atoms with Crippen molar-refractivity contribution >= 4 is 22.3 Å². The second-order valence-electron chi connectivity index (χ2n) is 6.41. The lowest BCUT2D eigenvalue weighted by atomic mass is 9.90. The molecule has 2 aromatic rings. The van der Waals surface area contributed by atoms with E-state index in [2.05, 4.69) is 32.7 Å². The van der Waals surface area contributed by atoms with Gasteiger partial charge in [0.25, 0.3) is 0 Å². The minimum atomic E-state index is 0.192. The van der Waals surface area contributed by atoms with Crippen LogP contribution in [0, 0.1) is 5.92 Å². The van der Waals surface area contributed by atoms with Gasteiger partial charge >= 0.3 is 0 Å². The van der Waals surface area contributed by atoms with E-state index in [-0.39, 0.29) is 5.75 Å². The van der Waals surface area contributed by atoms with Crippen LogP contribution in [0.1, 0.15) is 18.4 Å². The third kappa shape index (κ3) is 3.08. The Hall–Kier alpha value is -2.86. The highest BCUT2D eigenvalue weighted by Crippen LogP contribution is 2.30. The van der Waals surface area contributed by atoms with E-state index in [1.807, 2.05) is 12.1 Å². The summed E-state index contributed by atoms with van der Waals surface area (Å²) in [4.78, 5) is 8.60. The summed E-state index contributed by atoms with van der Waals surface area (Å²) in [5, 5.41) is 15.6. The number of benzene rings is 1. The normalized spacial score (nSPS) is 18.1. The fourth-order valence-corrected chi connectivity index (χ4v) is 3.32. The van der Waals surface area contributed by atoms with Gasteiger partial charge in [-0.2, -0.15) is 0 Å². The number of rotatable bonds is 3. The number of aromatic hydroxyl groups is 1. The Morgan fingerprint density at radius 1 is 1.16 bits per heavy atom. The first-order valence-corrected chi connectivity index (χ1v) is 8.49. The molecule has 25 heavy (non-hydrogen) atoms. The molecule has 0 aliphatic carbocycles. The Balaban J connectivity index is 1.60. The van der Waals surface area contributed by atoms with Crippen molar-refractivity contribution in [2.75, 3.05) is 13.1 Å². The van der Waals surface area contributed by atoms with Crippen LogP contribution < -0.4 is 16.2 Å². The van der Waals surface area contributed by atoms with Gasteiger partial charge < -0.3 is 10.4 Å². The molecule has 2 aliphatic heterocycles. The zero-order valence-corrected chi connectivity index (χ0v) is 13.9. The largest absolute Gasteiger partial charge is 0.507 e. The lowest BCUT2D eigenvalue weighted by molar-refractivity contribution is 0.427. The Bertz CT molecular complexity index is 881. The fraction of sp³-hybridized carbons (Fsp3) is 0.263. The molecule has 3 heterocycles. The molecular formula is C19H21N5O. The number of nitrogens with zero attached hydrogens (tertiary/aromatic N) is 2. The van der Waals surface area contributed by atoms with E-state index in [9.17, 15) is 5.11 Å². The van der Waals surface area contributed by atoms with Crippen LogP contribution in [0.2, 0.25) is 0 Å². The third-order valence-electron chi connectivity index (χ3n) is 4.82. The monoisotopic (exact) mass is 335 g/mol. The molecule has 4 N–H and O–H groups in total. The van der Waals surface area contributed by atoms with Gasteiger partial charge in [-0.3, -0.25) is 15.8 Å². The molecule has 0 spiro atoms. The molecule has 1 saturated heterocycles. The van der Waals surface area contributed by atoms with Gasteiger partial charge in [-0.05, 0) is 61.0 Å². The average Bonchev–Trinajstić information content (AvgIpc) is 2.68. The van der Waals surface area contributed by atoms with Gasteiger partial charge in [-0.1, -0.05) is 6.58 Å². The van der Waals surface area contributed by atoms with Crippen LogP contribution in [0.25, 0.3) is 16.5 Å². The van der Waals surface area contributed by atoms with Crippen LogP contribution in [0.5, 0.6) is 5.75 Å². The standard InChI is InChI=1S/C19H21N5O/c1-12(13-2-5-20-6-3-13)19-22-11-17(23-24-19)16-8-14-4-7-21-10-15(14)9-18(16)25/h4,7-11,13,20,23,25H,1-3,5-6H2,(H,22,24). The molecule has 0 radical (unpaired) electrons. The summed E-state index contributed by atoms with van der Waals surface area (Å²) in [6, 6.07) is 5.56. The zero-order chi connectivity index (χ0) is 17.2. The molecule has 1 fully saturated rings. The lowest BCUT2D eigenvalue weighted by Crippen LogP contribution is -2.41. The summed E-state index contributed by atoms with van der Waals surface area (Å²) in [6.45, 7) is 6.25. The van der Waals surface area contributed by atoms with Gasteiger partial charge in [0.1, 0.15) is 11.6 Å². The quantitative estimate of drug-likeness (QED) is 0.692. The van der Waals surface area contributed by atoms with Crippen LogP contribution in [0.4, 0.5) is 0 Å². The van der Waals surface area contributed by atoms with Crippen molar-refractivity contribution < 1.29 is 5.11 Å². The van der Waals surface area contributed by atoms with Gasteiger partial charge in [-0.25, -0.2) is 4.99 Å². The van der Waals surface area contributed by atoms with Crippen molar-refractivity contribution in [3.8, 4) is 5.75 Å². The van der Waals surface area contributed by atoms with Gasteiger partial charge in [0.15, 0.2) is 0 Å². The van der Waals surface area contributed by atoms with Crippen molar-refractivity contribution in [2.24, 2.45) is 10.9 Å². The topological polar surface area (TPSA) is 81.6 Å². The molecular weight excluding hydrogens is 314 g/mol. The number of nitrogens with one attached hydrogen (secondary N) is 3. The van der Waals surface area contributed by atoms with E-state index in [0.29, 0.717) is 11.5 Å². The zero-order valence-electron chi connectivity index (χ0n) is 13.9. The molecule has 0 saturated carbocycles. The second kappa shape index (κ2) is 6.57. The van der Waals surface area contributed by atoms with Gasteiger partial charge in [0.2, 0.25) is 0 Å². The van der Waals surface area contributed by atoms with Gasteiger partial charge in [-0.15, -0.1) is 0 Å². The highest BCUT2D eigenvalue weighted by Gasteiger charge is 2.21. The summed E-state index contributed by atoms with van der Waals surface area (Å²) < 4.78 is 0. The highest BCUT2D eigenvalue weighted by atomic mass is 16.3. The van der Waals surface area contributed by atoms with E-state index < -0.39 is 0 Å². The molecule has 1 aromatic heterocycles. The van der Waals surface area contributed by atoms with Crippen molar-refractivity contribution in [1.82, 2.24) is 21.2 Å². The SMILES string of the molecule is C=C(C1=NC=C(c2cc3ccncc3cc2O)NN1)C1CCNCC1. The predicted molar refractivity (Wildman–Crippen MR) is 99.8 cm³/mol. The number of hydrogen-bond acceptors (Lipinski definition) is 6. The number of fused-ring (bicyclic) bond motifs is 1. The molecule has 2 aliphatic rings. The van der Waals surface area contributed by atoms with Crippen LogP contribution >= 0.6 is 0 Å². The number of aromatic nitrogens is 1. The number of hydrazine groups is 1. The number of aliphatic imine (C=N–C) groups is 1. The van der Waals surface area contributed by atoms with Gasteiger partial charge in [0.05, 0.1) is 11.9 Å². The lowest BCUT2D eigenvalue weighted by Gasteiger charge is -2.27. The number of pyridine rings is 1. The fourth-order valence-electron chi connectivity index (χ4n) is 3.32. The first-order chi connectivity index (χ1) is 12.2. The minimum absolute atomic E-state index is 0.192. The van der Waals surface area contributed by atoms with E-state index in [1.165, 1.54) is 0 Å². The third-order valence-corrected chi connectivity index (χ3v) is 4.82. The summed E-state index contributed by atoms with van der Waals surface area (Å²) in [5.41, 5.74) is 8.71. The van der Waals surface area contributed by atoms with Gasteiger partial charge in [0, 0.05) is 23.3 Å². The van der Waals surface area contributed by atoms with E-state index in [1.54, 1.807) is 24.7 Å². The summed E-state index contributed by atoms with van der Waals surface area (Å²) >= 11 is 0. The Morgan fingerprint density at radius 3 is 2.76 bits per heavy atom. The Labute approximate surface area is 146 Å². The van der Waals surface area contributed by atoms with Crippen molar-refractivity contribution in [2.45, 2.75) is 12.8 Å². The molecule has 6 heteroatoms. The Morgan fingerprint density at radius 2 is 2.00 bits per heavy atom. The highest BCUT2D eigenvalue weighted by molar-refractivity contribution is 6.00. The minimum Gasteiger partial charge on any atom is -0.507 e. The maximum absolute atomic E-state index is 10.3. The van der Waals surface area contributed by atoms with E-state index in [0.717, 1.165) is 53.8 Å². The maximum Gasteiger partial charge on any atom is 0.147 e. The predicted octanol–water partition coefficient (Wildman–Crippen LogP) is 2.30. The smallest absolute Gasteiger partial charge is 0.147 e. The molecule has 0 bridgehead atoms. The van der Waals surface area contributed by atoms with Crippen LogP contribution in [-0.4, -0.2) is 29.0 Å². The van der Waals surface area contributed by atoms with Crippen LogP contribution in [0.15, 0.2) is 53.9 Å². The molecule has 0 unspecified atom stereocenters. The summed E-state index contributed by atoms with van der Waals surface area (Å²) in [5.74, 6) is 1.41. The summed E-state index contributed by atoms with van der Waals surface area (Å²) in [7, 11) is 0. The summed E-state index contributed by atoms with van der Waals surface area (Å²) in [6.07, 6.45) is 7.37. The average molecular weight is 335 g/mol. The van der Waals surface area contributed by atoms with Crippen LogP contribution in [-0.2, 0) is 0 Å². The molecule has 128 valence electrons. The molecule has 6 nitrogen and oxygen atoms in total. The Kier molecular flexibility index (Phi) is 4.11. The second-order valence-corrected chi connectivity index (χ2v) is 6.41. The number of phenolic OH excluding ortho intramolecular Hbond substituents is 1. The number of piperidine rings is 1. The van der Waals surface area contributed by atoms with Crippen LogP contribution in [0.3, 0.4) is 0 Å². The van der Waals surface area contributed by atoms with Crippen molar-refractivity contribution in [3.05, 3.63) is 54.5 Å². The molecule has 0 amide bonds. The van der Waals surface area contributed by atoms with E-state index in [4.69, 9.17) is 0 Å². The molecule has 4 rings (SSSR count). The van der Waals surface area contributed by atoms with Crippen molar-refractivity contribution in [1.29, 1.82) is 0 Å². The molecule has 0 atom stereocenters. The first kappa shape index (κ1) is 15.7. The van der Waals surface area contributed by atoms with E-state index >= 15 is 0 Å². The maximum atomic E-state index is 10.3. The first-order valence-electron chi connectivity index (χ1n) is 8.49. The number of amidine groups is 1.